The average molecular weight is 457 g/mol. The Morgan fingerprint density at radius 1 is 0.909 bits per heavy atom. The van der Waals surface area contributed by atoms with E-state index in [2.05, 4.69) is 10.2 Å². The maximum absolute atomic E-state index is 13.2. The standard InChI is InChI=1S/C25H17ClN4O3/c1-13-20(25(33)29(28-13)17-8-6-16(26)7-9-17)12-27-30-23(31)18-10-4-14-2-3-15-5-11-19(24(30)32)22(18)21(14)15/h4-12,20H,2-3H2,1H3/t20-/m0/s1. The van der Waals surface area contributed by atoms with Crippen LogP contribution in [-0.2, 0) is 17.6 Å². The van der Waals surface area contributed by atoms with Gasteiger partial charge < -0.3 is 0 Å². The van der Waals surface area contributed by atoms with Crippen LogP contribution < -0.4 is 5.01 Å². The minimum Gasteiger partial charge on any atom is -0.271 e. The second-order valence-electron chi connectivity index (χ2n) is 8.33. The summed E-state index contributed by atoms with van der Waals surface area (Å²) >= 11 is 5.93. The van der Waals surface area contributed by atoms with E-state index in [1.54, 1.807) is 43.3 Å². The molecule has 0 aromatic heterocycles. The van der Waals surface area contributed by atoms with E-state index < -0.39 is 17.7 Å². The van der Waals surface area contributed by atoms with Crippen molar-refractivity contribution in [3.63, 3.8) is 0 Å². The number of rotatable bonds is 3. The summed E-state index contributed by atoms with van der Waals surface area (Å²) in [6.45, 7) is 1.71. The molecule has 33 heavy (non-hydrogen) atoms. The highest BCUT2D eigenvalue weighted by Gasteiger charge is 2.37. The van der Waals surface area contributed by atoms with Crippen LogP contribution in [0.4, 0.5) is 5.69 Å². The van der Waals surface area contributed by atoms with Gasteiger partial charge in [0.1, 0.15) is 5.92 Å². The Hall–Kier alpha value is -3.84. The quantitative estimate of drug-likeness (QED) is 0.437. The fourth-order valence-electron chi connectivity index (χ4n) is 4.76. The normalized spacial score (nSPS) is 19.4. The lowest BCUT2D eigenvalue weighted by Gasteiger charge is -2.24. The van der Waals surface area contributed by atoms with Gasteiger partial charge in [-0.25, -0.2) is 0 Å². The molecule has 162 valence electrons. The molecular formula is C25H17ClN4O3. The maximum Gasteiger partial charge on any atom is 0.282 e. The van der Waals surface area contributed by atoms with E-state index in [4.69, 9.17) is 11.6 Å². The number of anilines is 1. The zero-order chi connectivity index (χ0) is 22.9. The summed E-state index contributed by atoms with van der Waals surface area (Å²) in [4.78, 5) is 39.4. The molecule has 0 spiro atoms. The van der Waals surface area contributed by atoms with E-state index in [1.165, 1.54) is 11.2 Å². The molecule has 0 N–H and O–H groups in total. The summed E-state index contributed by atoms with van der Waals surface area (Å²) in [5.74, 6) is -2.09. The summed E-state index contributed by atoms with van der Waals surface area (Å²) in [5.41, 5.74) is 4.31. The van der Waals surface area contributed by atoms with Crippen LogP contribution in [0.2, 0.25) is 5.02 Å². The summed E-state index contributed by atoms with van der Waals surface area (Å²) in [6.07, 6.45) is 3.13. The number of benzene rings is 3. The third kappa shape index (κ3) is 2.85. The molecule has 0 radical (unpaired) electrons. The highest BCUT2D eigenvalue weighted by molar-refractivity contribution is 6.31. The van der Waals surface area contributed by atoms with Gasteiger partial charge in [0.2, 0.25) is 0 Å². The lowest BCUT2D eigenvalue weighted by molar-refractivity contribution is -0.118. The Balaban J connectivity index is 1.33. The van der Waals surface area contributed by atoms with Crippen molar-refractivity contribution in [1.29, 1.82) is 0 Å². The smallest absolute Gasteiger partial charge is 0.271 e. The Kier molecular flexibility index (Phi) is 4.25. The number of imide groups is 1. The van der Waals surface area contributed by atoms with Gasteiger partial charge in [0, 0.05) is 16.6 Å². The van der Waals surface area contributed by atoms with Crippen LogP contribution in [0.15, 0.2) is 58.7 Å². The molecule has 2 aliphatic heterocycles. The lowest BCUT2D eigenvalue weighted by atomic mass is 9.92. The number of nitrogens with zero attached hydrogens (tertiary/aromatic N) is 4. The highest BCUT2D eigenvalue weighted by Crippen LogP contribution is 2.38. The summed E-state index contributed by atoms with van der Waals surface area (Å²) < 4.78 is 0. The molecule has 8 heteroatoms. The lowest BCUT2D eigenvalue weighted by Crippen LogP contribution is -2.37. The third-order valence-electron chi connectivity index (χ3n) is 6.43. The van der Waals surface area contributed by atoms with Crippen molar-refractivity contribution >= 4 is 57.7 Å². The fraction of sp³-hybridized carbons (Fsp3) is 0.160. The topological polar surface area (TPSA) is 82.4 Å². The molecule has 0 saturated heterocycles. The van der Waals surface area contributed by atoms with Gasteiger partial charge >= 0.3 is 0 Å². The first kappa shape index (κ1) is 19.8. The van der Waals surface area contributed by atoms with Crippen molar-refractivity contribution in [2.75, 3.05) is 5.01 Å². The molecule has 0 unspecified atom stereocenters. The van der Waals surface area contributed by atoms with E-state index in [1.807, 2.05) is 12.1 Å². The van der Waals surface area contributed by atoms with Gasteiger partial charge in [-0.3, -0.25) is 14.4 Å². The number of aryl methyl sites for hydroxylation is 2. The molecule has 1 aliphatic carbocycles. The Morgan fingerprint density at radius 2 is 1.52 bits per heavy atom. The number of carbonyl (C=O) groups excluding carboxylic acids is 3. The van der Waals surface area contributed by atoms with Crippen LogP contribution in [-0.4, -0.2) is 34.7 Å². The van der Waals surface area contributed by atoms with Crippen molar-refractivity contribution in [3.05, 3.63) is 75.8 Å². The number of hydrogen-bond donors (Lipinski definition) is 0. The average Bonchev–Trinajstić information content (AvgIpc) is 3.36. The summed E-state index contributed by atoms with van der Waals surface area (Å²) in [6, 6.07) is 14.2. The second-order valence-corrected chi connectivity index (χ2v) is 8.76. The third-order valence-corrected chi connectivity index (χ3v) is 6.68. The molecule has 2 heterocycles. The fourth-order valence-corrected chi connectivity index (χ4v) is 4.89. The number of amides is 3. The minimum atomic E-state index is -0.783. The van der Waals surface area contributed by atoms with Crippen molar-refractivity contribution in [1.82, 2.24) is 5.01 Å². The Labute approximate surface area is 193 Å². The maximum atomic E-state index is 13.2. The molecule has 3 aromatic carbocycles. The molecule has 0 bridgehead atoms. The van der Waals surface area contributed by atoms with Gasteiger partial charge in [-0.05, 0) is 72.7 Å². The van der Waals surface area contributed by atoms with Gasteiger partial charge in [0.25, 0.3) is 17.7 Å². The van der Waals surface area contributed by atoms with E-state index >= 15 is 0 Å². The van der Waals surface area contributed by atoms with Crippen molar-refractivity contribution in [2.24, 2.45) is 16.1 Å². The van der Waals surface area contributed by atoms with E-state index in [0.717, 1.165) is 34.4 Å². The van der Waals surface area contributed by atoms with Crippen LogP contribution in [0.3, 0.4) is 0 Å². The minimum absolute atomic E-state index is 0.321. The first-order valence-corrected chi connectivity index (χ1v) is 11.0. The van der Waals surface area contributed by atoms with Gasteiger partial charge in [-0.1, -0.05) is 23.7 Å². The van der Waals surface area contributed by atoms with Crippen molar-refractivity contribution in [3.8, 4) is 0 Å². The van der Waals surface area contributed by atoms with Crippen molar-refractivity contribution in [2.45, 2.75) is 19.8 Å². The van der Waals surface area contributed by atoms with E-state index in [9.17, 15) is 14.4 Å². The van der Waals surface area contributed by atoms with Crippen LogP contribution >= 0.6 is 11.6 Å². The molecule has 6 rings (SSSR count). The summed E-state index contributed by atoms with van der Waals surface area (Å²) in [7, 11) is 0. The van der Waals surface area contributed by atoms with Crippen LogP contribution in [0.1, 0.15) is 38.8 Å². The van der Waals surface area contributed by atoms with Crippen LogP contribution in [0, 0.1) is 5.92 Å². The zero-order valence-electron chi connectivity index (χ0n) is 17.6. The number of hydrazone groups is 2. The molecule has 0 saturated carbocycles. The first-order chi connectivity index (χ1) is 15.9. The molecule has 0 fully saturated rings. The molecule has 3 amide bonds. The number of halogens is 1. The predicted molar refractivity (Wildman–Crippen MR) is 126 cm³/mol. The molecule has 3 aliphatic rings. The van der Waals surface area contributed by atoms with E-state index in [0.29, 0.717) is 32.9 Å². The summed E-state index contributed by atoms with van der Waals surface area (Å²) in [5, 5.41) is 12.9. The Morgan fingerprint density at radius 3 is 2.12 bits per heavy atom. The number of carbonyl (C=O) groups is 3. The van der Waals surface area contributed by atoms with Crippen molar-refractivity contribution < 1.29 is 14.4 Å². The molecule has 7 nitrogen and oxygen atoms in total. The number of hydrogen-bond acceptors (Lipinski definition) is 5. The molecule has 1 atom stereocenters. The van der Waals surface area contributed by atoms with Gasteiger partial charge in [0.05, 0.1) is 22.5 Å². The largest absolute Gasteiger partial charge is 0.282 e. The first-order valence-electron chi connectivity index (χ1n) is 10.6. The zero-order valence-corrected chi connectivity index (χ0v) is 18.3. The van der Waals surface area contributed by atoms with Gasteiger partial charge in [-0.2, -0.15) is 20.2 Å². The van der Waals surface area contributed by atoms with Gasteiger partial charge in [-0.15, -0.1) is 0 Å². The molecular weight excluding hydrogens is 440 g/mol. The molecule has 3 aromatic rings. The monoisotopic (exact) mass is 456 g/mol. The highest BCUT2D eigenvalue weighted by atomic mass is 35.5. The predicted octanol–water partition coefficient (Wildman–Crippen LogP) is 4.21. The SMILES string of the molecule is CC1=NN(c2ccc(Cl)cc2)C(=O)[C@H]1C=NN1C(=O)c2ccc3c4c(ccc(c24)C1=O)CC3. The van der Waals surface area contributed by atoms with Crippen LogP contribution in [0.5, 0.6) is 0 Å². The van der Waals surface area contributed by atoms with Crippen LogP contribution in [0.25, 0.3) is 10.8 Å². The second kappa shape index (κ2) is 7.08. The van der Waals surface area contributed by atoms with Gasteiger partial charge in [0.15, 0.2) is 0 Å². The Bertz CT molecular complexity index is 1400. The van der Waals surface area contributed by atoms with E-state index in [-0.39, 0.29) is 5.91 Å².